The number of hydrogen-bond acceptors (Lipinski definition) is 2. The normalized spacial score (nSPS) is 11.9. The van der Waals surface area contributed by atoms with Gasteiger partial charge in [0.1, 0.15) is 11.6 Å². The largest absolute Gasteiger partial charge is 0.481 e. The van der Waals surface area contributed by atoms with Gasteiger partial charge in [-0.05, 0) is 43.3 Å². The molecule has 0 radical (unpaired) electrons. The maximum atomic E-state index is 13.4. The number of ether oxygens (including phenoxy) is 1. The highest BCUT2D eigenvalue weighted by Crippen LogP contribution is 2.20. The average Bonchev–Trinajstić information content (AvgIpc) is 2.50. The predicted molar refractivity (Wildman–Crippen MR) is 71.4 cm³/mol. The van der Waals surface area contributed by atoms with Gasteiger partial charge in [-0.25, -0.2) is 17.6 Å². The molecular formula is C15H11F4NO2. The van der Waals surface area contributed by atoms with Gasteiger partial charge in [0.05, 0.1) is 5.69 Å². The van der Waals surface area contributed by atoms with E-state index in [0.29, 0.717) is 6.07 Å². The summed E-state index contributed by atoms with van der Waals surface area (Å²) in [5.41, 5.74) is -0.501. The van der Waals surface area contributed by atoms with Gasteiger partial charge in [0.2, 0.25) is 0 Å². The SMILES string of the molecule is CC(Oc1ccc(F)cc1)C(=O)Nc1ccc(F)c(F)c1F. The summed E-state index contributed by atoms with van der Waals surface area (Å²) < 4.78 is 57.3. The Balaban J connectivity index is 2.05. The number of rotatable bonds is 4. The van der Waals surface area contributed by atoms with Crippen molar-refractivity contribution in [1.82, 2.24) is 0 Å². The molecule has 2 aromatic carbocycles. The van der Waals surface area contributed by atoms with Crippen LogP contribution in [0.25, 0.3) is 0 Å². The predicted octanol–water partition coefficient (Wildman–Crippen LogP) is 3.65. The third kappa shape index (κ3) is 3.55. The van der Waals surface area contributed by atoms with Crippen LogP contribution in [0.1, 0.15) is 6.92 Å². The van der Waals surface area contributed by atoms with Gasteiger partial charge in [0, 0.05) is 0 Å². The maximum absolute atomic E-state index is 13.4. The highest BCUT2D eigenvalue weighted by Gasteiger charge is 2.19. The lowest BCUT2D eigenvalue weighted by atomic mass is 10.2. The molecule has 0 spiro atoms. The molecule has 0 saturated carbocycles. The second-order valence-corrected chi connectivity index (χ2v) is 4.43. The number of carbonyl (C=O) groups is 1. The first-order valence-electron chi connectivity index (χ1n) is 6.25. The van der Waals surface area contributed by atoms with E-state index in [1.165, 1.54) is 19.1 Å². The zero-order chi connectivity index (χ0) is 16.3. The van der Waals surface area contributed by atoms with Crippen molar-refractivity contribution in [1.29, 1.82) is 0 Å². The molecule has 0 fully saturated rings. The minimum absolute atomic E-state index is 0.231. The molecule has 0 saturated heterocycles. The van der Waals surface area contributed by atoms with Crippen LogP contribution in [-0.4, -0.2) is 12.0 Å². The lowest BCUT2D eigenvalue weighted by molar-refractivity contribution is -0.122. The third-order valence-corrected chi connectivity index (χ3v) is 2.79. The lowest BCUT2D eigenvalue weighted by Crippen LogP contribution is -2.30. The quantitative estimate of drug-likeness (QED) is 0.691. The Bertz CT molecular complexity index is 689. The van der Waals surface area contributed by atoms with Gasteiger partial charge in [-0.15, -0.1) is 0 Å². The number of anilines is 1. The Kier molecular flexibility index (Phi) is 4.65. The van der Waals surface area contributed by atoms with Crippen molar-refractivity contribution in [3.8, 4) is 5.75 Å². The topological polar surface area (TPSA) is 38.3 Å². The molecular weight excluding hydrogens is 302 g/mol. The molecule has 22 heavy (non-hydrogen) atoms. The molecule has 0 heterocycles. The average molecular weight is 313 g/mol. The van der Waals surface area contributed by atoms with Crippen molar-refractivity contribution in [2.45, 2.75) is 13.0 Å². The first-order chi connectivity index (χ1) is 10.4. The van der Waals surface area contributed by atoms with Crippen molar-refractivity contribution in [3.63, 3.8) is 0 Å². The summed E-state index contributed by atoms with van der Waals surface area (Å²) in [6.45, 7) is 1.37. The summed E-state index contributed by atoms with van der Waals surface area (Å²) in [5.74, 6) is -5.53. The molecule has 0 aromatic heterocycles. The maximum Gasteiger partial charge on any atom is 0.265 e. The van der Waals surface area contributed by atoms with Gasteiger partial charge >= 0.3 is 0 Å². The number of hydrogen-bond donors (Lipinski definition) is 1. The van der Waals surface area contributed by atoms with Crippen molar-refractivity contribution >= 4 is 11.6 Å². The molecule has 2 rings (SSSR count). The Labute approximate surface area is 123 Å². The van der Waals surface area contributed by atoms with E-state index in [1.54, 1.807) is 0 Å². The number of nitrogens with one attached hydrogen (secondary N) is 1. The standard InChI is InChI=1S/C15H11F4NO2/c1-8(22-10-4-2-9(16)3-5-10)15(21)20-12-7-6-11(17)13(18)14(12)19/h2-8H,1H3,(H,20,21). The molecule has 1 atom stereocenters. The Hall–Kier alpha value is -2.57. The van der Waals surface area contributed by atoms with Crippen LogP contribution in [0.15, 0.2) is 36.4 Å². The van der Waals surface area contributed by atoms with E-state index in [0.717, 1.165) is 18.2 Å². The van der Waals surface area contributed by atoms with Crippen LogP contribution in [0.3, 0.4) is 0 Å². The Morgan fingerprint density at radius 3 is 2.27 bits per heavy atom. The molecule has 0 aliphatic rings. The second-order valence-electron chi connectivity index (χ2n) is 4.43. The molecule has 1 unspecified atom stereocenters. The van der Waals surface area contributed by atoms with E-state index in [-0.39, 0.29) is 5.75 Å². The van der Waals surface area contributed by atoms with Gasteiger partial charge in [0.15, 0.2) is 23.6 Å². The van der Waals surface area contributed by atoms with Crippen LogP contribution in [0.2, 0.25) is 0 Å². The van der Waals surface area contributed by atoms with Gasteiger partial charge < -0.3 is 10.1 Å². The second kappa shape index (κ2) is 6.46. The summed E-state index contributed by atoms with van der Waals surface area (Å²) in [6, 6.07) is 6.52. The van der Waals surface area contributed by atoms with Gasteiger partial charge in [-0.2, -0.15) is 0 Å². The van der Waals surface area contributed by atoms with E-state index in [4.69, 9.17) is 4.74 Å². The first kappa shape index (κ1) is 15.8. The minimum atomic E-state index is -1.68. The smallest absolute Gasteiger partial charge is 0.265 e. The molecule has 2 aromatic rings. The van der Waals surface area contributed by atoms with Gasteiger partial charge in [-0.3, -0.25) is 4.79 Å². The Morgan fingerprint density at radius 1 is 1.00 bits per heavy atom. The molecule has 0 aliphatic carbocycles. The minimum Gasteiger partial charge on any atom is -0.481 e. The van der Waals surface area contributed by atoms with Crippen LogP contribution in [0.5, 0.6) is 5.75 Å². The molecule has 116 valence electrons. The number of carbonyl (C=O) groups excluding carboxylic acids is 1. The van der Waals surface area contributed by atoms with Crippen molar-refractivity contribution < 1.29 is 27.1 Å². The van der Waals surface area contributed by atoms with Crippen LogP contribution >= 0.6 is 0 Å². The summed E-state index contributed by atoms with van der Waals surface area (Å²) in [5, 5.41) is 2.09. The van der Waals surface area contributed by atoms with Gasteiger partial charge in [-0.1, -0.05) is 0 Å². The van der Waals surface area contributed by atoms with E-state index < -0.39 is 41.0 Å². The zero-order valence-electron chi connectivity index (χ0n) is 11.4. The third-order valence-electron chi connectivity index (χ3n) is 2.79. The molecule has 0 bridgehead atoms. The van der Waals surface area contributed by atoms with Crippen molar-refractivity contribution in [3.05, 3.63) is 59.7 Å². The summed E-state index contributed by atoms with van der Waals surface area (Å²) in [4.78, 5) is 11.8. The van der Waals surface area contributed by atoms with E-state index in [1.807, 2.05) is 0 Å². The first-order valence-corrected chi connectivity index (χ1v) is 6.25. The fourth-order valence-corrected chi connectivity index (χ4v) is 1.63. The number of halogens is 4. The van der Waals surface area contributed by atoms with Crippen molar-refractivity contribution in [2.75, 3.05) is 5.32 Å². The molecule has 1 N–H and O–H groups in total. The summed E-state index contributed by atoms with van der Waals surface area (Å²) in [6.07, 6.45) is -1.06. The fraction of sp³-hybridized carbons (Fsp3) is 0.133. The van der Waals surface area contributed by atoms with Gasteiger partial charge in [0.25, 0.3) is 5.91 Å². The molecule has 3 nitrogen and oxygen atoms in total. The molecule has 1 amide bonds. The van der Waals surface area contributed by atoms with E-state index in [9.17, 15) is 22.4 Å². The van der Waals surface area contributed by atoms with E-state index in [2.05, 4.69) is 5.32 Å². The Morgan fingerprint density at radius 2 is 1.64 bits per heavy atom. The number of benzene rings is 2. The highest BCUT2D eigenvalue weighted by atomic mass is 19.2. The van der Waals surface area contributed by atoms with Crippen molar-refractivity contribution in [2.24, 2.45) is 0 Å². The van der Waals surface area contributed by atoms with Crippen LogP contribution in [0, 0.1) is 23.3 Å². The molecule has 0 aliphatic heterocycles. The zero-order valence-corrected chi connectivity index (χ0v) is 11.4. The highest BCUT2D eigenvalue weighted by molar-refractivity contribution is 5.94. The number of amides is 1. The van der Waals surface area contributed by atoms with Crippen LogP contribution in [0.4, 0.5) is 23.2 Å². The monoisotopic (exact) mass is 313 g/mol. The fourth-order valence-electron chi connectivity index (χ4n) is 1.63. The molecule has 7 heteroatoms. The summed E-state index contributed by atoms with van der Waals surface area (Å²) >= 11 is 0. The lowest BCUT2D eigenvalue weighted by Gasteiger charge is -2.15. The van der Waals surface area contributed by atoms with Crippen LogP contribution in [-0.2, 0) is 4.79 Å². The van der Waals surface area contributed by atoms with Crippen LogP contribution < -0.4 is 10.1 Å². The summed E-state index contributed by atoms with van der Waals surface area (Å²) in [7, 11) is 0. The van der Waals surface area contributed by atoms with E-state index >= 15 is 0 Å².